The zero-order valence-corrected chi connectivity index (χ0v) is 12.3. The summed E-state index contributed by atoms with van der Waals surface area (Å²) in [6, 6.07) is 4.41. The van der Waals surface area contributed by atoms with E-state index < -0.39 is 5.82 Å². The van der Waals surface area contributed by atoms with Crippen molar-refractivity contribution in [3.63, 3.8) is 0 Å². The van der Waals surface area contributed by atoms with E-state index in [1.54, 1.807) is 0 Å². The van der Waals surface area contributed by atoms with E-state index in [1.165, 1.54) is 24.6 Å². The molecule has 1 heterocycles. The van der Waals surface area contributed by atoms with Crippen LogP contribution in [0.15, 0.2) is 18.2 Å². The lowest BCUT2D eigenvalue weighted by Gasteiger charge is -2.35. The van der Waals surface area contributed by atoms with E-state index in [9.17, 15) is 9.18 Å². The molecule has 1 fully saturated rings. The van der Waals surface area contributed by atoms with Gasteiger partial charge in [0.1, 0.15) is 11.6 Å². The first-order chi connectivity index (χ1) is 9.61. The quantitative estimate of drug-likeness (QED) is 0.849. The monoisotopic (exact) mass is 299 g/mol. The molecule has 0 radical (unpaired) electrons. The number of amides is 1. The molecule has 0 aliphatic carbocycles. The van der Waals surface area contributed by atoms with Gasteiger partial charge in [0.25, 0.3) is 5.91 Å². The molecule has 0 aromatic heterocycles. The minimum Gasteiger partial charge on any atom is -0.484 e. The molecule has 1 saturated heterocycles. The smallest absolute Gasteiger partial charge is 0.260 e. The van der Waals surface area contributed by atoms with Gasteiger partial charge in [-0.15, -0.1) is 0 Å². The summed E-state index contributed by atoms with van der Waals surface area (Å²) in [4.78, 5) is 14.1. The van der Waals surface area contributed by atoms with Crippen molar-refractivity contribution in [2.45, 2.75) is 38.6 Å². The fraction of sp³-hybridized carbons (Fsp3) is 0.533. The minimum absolute atomic E-state index is 0.000596. The number of carbonyl (C=O) groups is 1. The average molecular weight is 300 g/mol. The normalized spacial score (nSPS) is 18.9. The Morgan fingerprint density at radius 2 is 2.30 bits per heavy atom. The van der Waals surface area contributed by atoms with Crippen LogP contribution in [0.2, 0.25) is 5.02 Å². The molecule has 1 aliphatic heterocycles. The summed E-state index contributed by atoms with van der Waals surface area (Å²) in [6.07, 6.45) is 4.25. The van der Waals surface area contributed by atoms with Gasteiger partial charge in [0, 0.05) is 18.7 Å². The van der Waals surface area contributed by atoms with Crippen molar-refractivity contribution in [1.82, 2.24) is 4.90 Å². The van der Waals surface area contributed by atoms with Crippen LogP contribution in [0.5, 0.6) is 5.75 Å². The first-order valence-electron chi connectivity index (χ1n) is 6.99. The van der Waals surface area contributed by atoms with Gasteiger partial charge in [0.15, 0.2) is 6.61 Å². The van der Waals surface area contributed by atoms with Gasteiger partial charge in [-0.05, 0) is 37.8 Å². The van der Waals surface area contributed by atoms with Crippen LogP contribution in [-0.2, 0) is 4.79 Å². The number of benzene rings is 1. The van der Waals surface area contributed by atoms with Crippen molar-refractivity contribution in [1.29, 1.82) is 0 Å². The highest BCUT2D eigenvalue weighted by Crippen LogP contribution is 2.22. The molecule has 5 heteroatoms. The third kappa shape index (κ3) is 3.63. The Morgan fingerprint density at radius 3 is 3.00 bits per heavy atom. The molecule has 0 saturated carbocycles. The van der Waals surface area contributed by atoms with Crippen molar-refractivity contribution in [3.8, 4) is 5.75 Å². The van der Waals surface area contributed by atoms with Crippen molar-refractivity contribution in [2.75, 3.05) is 13.2 Å². The molecule has 20 heavy (non-hydrogen) atoms. The lowest BCUT2D eigenvalue weighted by molar-refractivity contribution is -0.137. The van der Waals surface area contributed by atoms with Crippen molar-refractivity contribution in [3.05, 3.63) is 29.0 Å². The summed E-state index contributed by atoms with van der Waals surface area (Å²) in [7, 11) is 0. The largest absolute Gasteiger partial charge is 0.484 e. The van der Waals surface area contributed by atoms with E-state index in [1.807, 2.05) is 4.90 Å². The number of carbonyl (C=O) groups excluding carboxylic acids is 1. The summed E-state index contributed by atoms with van der Waals surface area (Å²) in [5.41, 5.74) is 0. The highest BCUT2D eigenvalue weighted by molar-refractivity contribution is 6.30. The molecule has 110 valence electrons. The second-order valence-electron chi connectivity index (χ2n) is 5.01. The van der Waals surface area contributed by atoms with Crippen molar-refractivity contribution < 1.29 is 13.9 Å². The lowest BCUT2D eigenvalue weighted by atomic mass is 10.00. The number of piperidine rings is 1. The fourth-order valence-electron chi connectivity index (χ4n) is 2.55. The third-order valence-electron chi connectivity index (χ3n) is 3.67. The van der Waals surface area contributed by atoms with Gasteiger partial charge in [-0.1, -0.05) is 18.5 Å². The van der Waals surface area contributed by atoms with Crippen LogP contribution in [0.25, 0.3) is 0 Å². The molecule has 1 aromatic rings. The number of hydrogen-bond donors (Lipinski definition) is 0. The van der Waals surface area contributed by atoms with E-state index >= 15 is 0 Å². The average Bonchev–Trinajstić information content (AvgIpc) is 2.48. The maximum absolute atomic E-state index is 13.0. The number of ether oxygens (including phenoxy) is 1. The summed E-state index contributed by atoms with van der Waals surface area (Å²) in [5, 5.41) is -0.000596. The molecule has 1 aliphatic rings. The SMILES string of the molecule is CCC1CCCCN1C(=O)COc1ccc(F)c(Cl)c1. The summed E-state index contributed by atoms with van der Waals surface area (Å²) in [5.74, 6) is -0.0979. The topological polar surface area (TPSA) is 29.5 Å². The first kappa shape index (κ1) is 15.1. The molecule has 3 nitrogen and oxygen atoms in total. The van der Waals surface area contributed by atoms with E-state index in [-0.39, 0.29) is 17.5 Å². The van der Waals surface area contributed by atoms with Gasteiger partial charge in [0.2, 0.25) is 0 Å². The number of rotatable bonds is 4. The van der Waals surface area contributed by atoms with E-state index in [0.29, 0.717) is 11.8 Å². The van der Waals surface area contributed by atoms with Gasteiger partial charge >= 0.3 is 0 Å². The van der Waals surface area contributed by atoms with Crippen LogP contribution in [0.1, 0.15) is 32.6 Å². The van der Waals surface area contributed by atoms with Gasteiger partial charge < -0.3 is 9.64 Å². The Hall–Kier alpha value is -1.29. The second-order valence-corrected chi connectivity index (χ2v) is 5.42. The van der Waals surface area contributed by atoms with Gasteiger partial charge in [-0.25, -0.2) is 4.39 Å². The first-order valence-corrected chi connectivity index (χ1v) is 7.37. The van der Waals surface area contributed by atoms with Crippen LogP contribution in [0, 0.1) is 5.82 Å². The predicted octanol–water partition coefficient (Wildman–Crippen LogP) is 3.65. The second kappa shape index (κ2) is 6.93. The molecule has 0 spiro atoms. The maximum atomic E-state index is 13.0. The van der Waals surface area contributed by atoms with Crippen LogP contribution < -0.4 is 4.74 Å². The Kier molecular flexibility index (Phi) is 5.24. The number of halogens is 2. The number of likely N-dealkylation sites (tertiary alicyclic amines) is 1. The van der Waals surface area contributed by atoms with Crippen LogP contribution in [-0.4, -0.2) is 30.0 Å². The summed E-state index contributed by atoms with van der Waals surface area (Å²) >= 11 is 5.67. The molecule has 0 bridgehead atoms. The molecule has 1 atom stereocenters. The molecular weight excluding hydrogens is 281 g/mol. The van der Waals surface area contributed by atoms with Gasteiger partial charge in [-0.3, -0.25) is 4.79 Å². The van der Waals surface area contributed by atoms with Crippen LogP contribution >= 0.6 is 11.6 Å². The van der Waals surface area contributed by atoms with Crippen molar-refractivity contribution in [2.24, 2.45) is 0 Å². The molecule has 2 rings (SSSR count). The lowest BCUT2D eigenvalue weighted by Crippen LogP contribution is -2.45. The number of nitrogens with zero attached hydrogens (tertiary/aromatic N) is 1. The van der Waals surface area contributed by atoms with E-state index in [4.69, 9.17) is 16.3 Å². The zero-order valence-electron chi connectivity index (χ0n) is 11.6. The van der Waals surface area contributed by atoms with E-state index in [0.717, 1.165) is 25.8 Å². The zero-order chi connectivity index (χ0) is 14.5. The molecular formula is C15H19ClFNO2. The number of hydrogen-bond acceptors (Lipinski definition) is 2. The third-order valence-corrected chi connectivity index (χ3v) is 3.96. The molecule has 1 unspecified atom stereocenters. The van der Waals surface area contributed by atoms with Gasteiger partial charge in [0.05, 0.1) is 5.02 Å². The maximum Gasteiger partial charge on any atom is 0.260 e. The van der Waals surface area contributed by atoms with Gasteiger partial charge in [-0.2, -0.15) is 0 Å². The Balaban J connectivity index is 1.92. The fourth-order valence-corrected chi connectivity index (χ4v) is 2.72. The standard InChI is InChI=1S/C15H19ClFNO2/c1-2-11-5-3-4-8-18(11)15(19)10-20-12-6-7-14(17)13(16)9-12/h6-7,9,11H,2-5,8,10H2,1H3. The Morgan fingerprint density at radius 1 is 1.50 bits per heavy atom. The highest BCUT2D eigenvalue weighted by Gasteiger charge is 2.25. The highest BCUT2D eigenvalue weighted by atomic mass is 35.5. The minimum atomic E-state index is -0.493. The van der Waals surface area contributed by atoms with E-state index in [2.05, 4.69) is 6.92 Å². The predicted molar refractivity (Wildman–Crippen MR) is 76.5 cm³/mol. The molecule has 1 aromatic carbocycles. The molecule has 1 amide bonds. The van der Waals surface area contributed by atoms with Crippen molar-refractivity contribution >= 4 is 17.5 Å². The van der Waals surface area contributed by atoms with Crippen LogP contribution in [0.4, 0.5) is 4.39 Å². The Labute approximate surface area is 123 Å². The summed E-state index contributed by atoms with van der Waals surface area (Å²) < 4.78 is 18.4. The van der Waals surface area contributed by atoms with Crippen LogP contribution in [0.3, 0.4) is 0 Å². The Bertz CT molecular complexity index is 481. The summed E-state index contributed by atoms with van der Waals surface area (Å²) in [6.45, 7) is 2.86. The molecule has 0 N–H and O–H groups in total.